The van der Waals surface area contributed by atoms with Gasteiger partial charge in [-0.15, -0.1) is 0 Å². The lowest BCUT2D eigenvalue weighted by atomic mass is 10.1. The van der Waals surface area contributed by atoms with Crippen LogP contribution in [0.4, 0.5) is 23.7 Å². The van der Waals surface area contributed by atoms with Crippen LogP contribution >= 0.6 is 0 Å². The van der Waals surface area contributed by atoms with Crippen molar-refractivity contribution in [2.24, 2.45) is 4.36 Å². The Hall–Kier alpha value is -1.77. The molecule has 0 saturated carbocycles. The molecule has 0 fully saturated rings. The fourth-order valence-corrected chi connectivity index (χ4v) is 2.11. The van der Waals surface area contributed by atoms with E-state index in [2.05, 4.69) is 15.0 Å². The fourth-order valence-electron chi connectivity index (χ4n) is 1.45. The van der Waals surface area contributed by atoms with Crippen molar-refractivity contribution in [3.8, 4) is 0 Å². The van der Waals surface area contributed by atoms with Gasteiger partial charge in [0.1, 0.15) is 0 Å². The lowest BCUT2D eigenvalue weighted by Crippen LogP contribution is -2.33. The summed E-state index contributed by atoms with van der Waals surface area (Å²) in [4.78, 5) is 11.6. The highest BCUT2D eigenvalue weighted by atomic mass is 32.2. The quantitative estimate of drug-likeness (QED) is 0.894. The largest absolute Gasteiger partial charge is 0.418 e. The Kier molecular flexibility index (Phi) is 5.59. The zero-order valence-corrected chi connectivity index (χ0v) is 12.3. The van der Waals surface area contributed by atoms with Crippen molar-refractivity contribution in [3.63, 3.8) is 0 Å². The van der Waals surface area contributed by atoms with Crippen LogP contribution in [-0.4, -0.2) is 35.8 Å². The van der Waals surface area contributed by atoms with E-state index in [0.29, 0.717) is 0 Å². The molecule has 0 heterocycles. The number of halogens is 3. The summed E-state index contributed by atoms with van der Waals surface area (Å²) in [7, 11) is -0.962. The third-order valence-corrected chi connectivity index (χ3v) is 4.37. The van der Waals surface area contributed by atoms with E-state index in [9.17, 15) is 22.2 Å². The summed E-state index contributed by atoms with van der Waals surface area (Å²) in [5.41, 5.74) is -1.26. The van der Waals surface area contributed by atoms with E-state index in [1.165, 1.54) is 25.4 Å². The van der Waals surface area contributed by atoms with E-state index in [4.69, 9.17) is 0 Å². The number of urea groups is 1. The number of rotatable bonds is 4. The predicted molar refractivity (Wildman–Crippen MR) is 75.8 cm³/mol. The number of nitrogens with one attached hydrogen (secondary N) is 2. The van der Waals surface area contributed by atoms with Crippen molar-refractivity contribution < 1.29 is 22.2 Å². The molecule has 2 N–H and O–H groups in total. The van der Waals surface area contributed by atoms with E-state index in [1.807, 2.05) is 0 Å². The highest BCUT2D eigenvalue weighted by molar-refractivity contribution is 7.92. The van der Waals surface area contributed by atoms with Crippen molar-refractivity contribution in [2.75, 3.05) is 30.9 Å². The average molecular weight is 323 g/mol. The van der Waals surface area contributed by atoms with Crippen molar-refractivity contribution in [2.45, 2.75) is 6.18 Å². The Morgan fingerprint density at radius 1 is 1.33 bits per heavy atom. The summed E-state index contributed by atoms with van der Waals surface area (Å²) in [6.07, 6.45) is -3.12. The molecule has 0 radical (unpaired) electrons. The SMILES string of the molecule is CN=[S@@](C)(=O)CCNC(=O)Nc1ccccc1C(F)(F)F. The summed E-state index contributed by atoms with van der Waals surface area (Å²) in [5, 5.41) is 4.47. The molecule has 0 unspecified atom stereocenters. The number of para-hydroxylation sites is 1. The van der Waals surface area contributed by atoms with Crippen LogP contribution in [0.15, 0.2) is 28.6 Å². The molecule has 5 nitrogen and oxygen atoms in total. The van der Waals surface area contributed by atoms with Gasteiger partial charge < -0.3 is 10.6 Å². The van der Waals surface area contributed by atoms with Crippen LogP contribution < -0.4 is 10.6 Å². The molecule has 0 aliphatic heterocycles. The molecule has 1 aromatic carbocycles. The zero-order chi connectivity index (χ0) is 16.1. The van der Waals surface area contributed by atoms with Crippen LogP contribution in [0, 0.1) is 0 Å². The monoisotopic (exact) mass is 323 g/mol. The average Bonchev–Trinajstić information content (AvgIpc) is 2.38. The van der Waals surface area contributed by atoms with Crippen molar-refractivity contribution in [1.82, 2.24) is 5.32 Å². The van der Waals surface area contributed by atoms with Gasteiger partial charge in [0, 0.05) is 35.3 Å². The van der Waals surface area contributed by atoms with E-state index >= 15 is 0 Å². The Morgan fingerprint density at radius 2 is 1.95 bits per heavy atom. The van der Waals surface area contributed by atoms with Crippen molar-refractivity contribution in [1.29, 1.82) is 0 Å². The maximum Gasteiger partial charge on any atom is 0.418 e. The van der Waals surface area contributed by atoms with E-state index < -0.39 is 27.5 Å². The topological polar surface area (TPSA) is 70.6 Å². The Bertz CT molecular complexity index is 622. The van der Waals surface area contributed by atoms with E-state index in [1.54, 1.807) is 0 Å². The number of nitrogens with zero attached hydrogens (tertiary/aromatic N) is 1. The number of carbonyl (C=O) groups excluding carboxylic acids is 1. The molecule has 118 valence electrons. The Balaban J connectivity index is 2.67. The number of alkyl halides is 3. The normalized spacial score (nSPS) is 14.1. The Morgan fingerprint density at radius 3 is 2.52 bits per heavy atom. The predicted octanol–water partition coefficient (Wildman–Crippen LogP) is 2.55. The molecule has 0 spiro atoms. The number of hydrogen-bond acceptors (Lipinski definition) is 3. The summed E-state index contributed by atoms with van der Waals surface area (Å²) in [5.74, 6) is 0.123. The summed E-state index contributed by atoms with van der Waals surface area (Å²) < 4.78 is 53.4. The number of hydrogen-bond donors (Lipinski definition) is 2. The molecule has 2 amide bonds. The number of amides is 2. The first-order chi connectivity index (χ1) is 9.65. The van der Waals surface area contributed by atoms with Gasteiger partial charge >= 0.3 is 12.2 Å². The standard InChI is InChI=1S/C12H16F3N3O2S/c1-16-21(2,20)8-7-17-11(19)18-10-6-4-3-5-9(10)12(13,14)15/h3-6H,7-8H2,1-2H3,(H2,17,18,19)/t21-/m0/s1. The minimum absolute atomic E-state index is 0.0483. The van der Waals surface area contributed by atoms with E-state index in [0.717, 1.165) is 12.1 Å². The third kappa shape index (κ3) is 5.62. The van der Waals surface area contributed by atoms with Crippen LogP contribution in [0.1, 0.15) is 5.56 Å². The van der Waals surface area contributed by atoms with Gasteiger partial charge in [0.2, 0.25) is 0 Å². The minimum atomic E-state index is -4.55. The minimum Gasteiger partial charge on any atom is -0.337 e. The van der Waals surface area contributed by atoms with E-state index in [-0.39, 0.29) is 18.0 Å². The van der Waals surface area contributed by atoms with Crippen LogP contribution in [0.25, 0.3) is 0 Å². The number of benzene rings is 1. The van der Waals surface area contributed by atoms with Gasteiger partial charge in [0.25, 0.3) is 0 Å². The lowest BCUT2D eigenvalue weighted by Gasteiger charge is -2.14. The smallest absolute Gasteiger partial charge is 0.337 e. The molecule has 0 saturated heterocycles. The fraction of sp³-hybridized carbons (Fsp3) is 0.417. The van der Waals surface area contributed by atoms with Gasteiger partial charge in [-0.05, 0) is 12.1 Å². The molecule has 0 aliphatic rings. The maximum absolute atomic E-state index is 12.7. The van der Waals surface area contributed by atoms with Gasteiger partial charge in [-0.2, -0.15) is 13.2 Å². The molecule has 0 aliphatic carbocycles. The Labute approximate surface area is 121 Å². The van der Waals surface area contributed by atoms with Gasteiger partial charge in [0.05, 0.1) is 11.3 Å². The molecule has 0 aromatic heterocycles. The summed E-state index contributed by atoms with van der Waals surface area (Å²) in [6.45, 7) is 0.0483. The highest BCUT2D eigenvalue weighted by Crippen LogP contribution is 2.34. The van der Waals surface area contributed by atoms with Crippen LogP contribution in [-0.2, 0) is 15.9 Å². The van der Waals surface area contributed by atoms with Crippen molar-refractivity contribution >= 4 is 21.4 Å². The van der Waals surface area contributed by atoms with Crippen LogP contribution in [0.2, 0.25) is 0 Å². The van der Waals surface area contributed by atoms with Crippen LogP contribution in [0.5, 0.6) is 0 Å². The second-order valence-electron chi connectivity index (χ2n) is 4.27. The van der Waals surface area contributed by atoms with Gasteiger partial charge in [-0.25, -0.2) is 13.4 Å². The molecule has 1 atom stereocenters. The first-order valence-electron chi connectivity index (χ1n) is 5.95. The van der Waals surface area contributed by atoms with Gasteiger partial charge in [0.15, 0.2) is 0 Å². The molecular weight excluding hydrogens is 307 g/mol. The lowest BCUT2D eigenvalue weighted by molar-refractivity contribution is -0.136. The zero-order valence-electron chi connectivity index (χ0n) is 11.5. The summed E-state index contributed by atoms with van der Waals surface area (Å²) in [6, 6.07) is 3.87. The van der Waals surface area contributed by atoms with Crippen LogP contribution in [0.3, 0.4) is 0 Å². The second-order valence-corrected chi connectivity index (χ2v) is 6.96. The molecular formula is C12H16F3N3O2S. The molecule has 1 aromatic rings. The second kappa shape index (κ2) is 6.79. The maximum atomic E-state index is 12.7. The first-order valence-corrected chi connectivity index (χ1v) is 8.04. The molecule has 0 bridgehead atoms. The molecule has 1 rings (SSSR count). The van der Waals surface area contributed by atoms with Crippen molar-refractivity contribution in [3.05, 3.63) is 29.8 Å². The highest BCUT2D eigenvalue weighted by Gasteiger charge is 2.33. The first kappa shape index (κ1) is 17.3. The van der Waals surface area contributed by atoms with Gasteiger partial charge in [-0.1, -0.05) is 12.1 Å². The third-order valence-electron chi connectivity index (χ3n) is 2.63. The summed E-state index contributed by atoms with van der Waals surface area (Å²) >= 11 is 0. The molecule has 21 heavy (non-hydrogen) atoms. The molecule has 9 heteroatoms. The number of anilines is 1. The van der Waals surface area contributed by atoms with Gasteiger partial charge in [-0.3, -0.25) is 0 Å². The number of carbonyl (C=O) groups is 1.